The first-order valence-electron chi connectivity index (χ1n) is 6.99. The van der Waals surface area contributed by atoms with Gasteiger partial charge in [0.15, 0.2) is 0 Å². The molecule has 0 aromatic heterocycles. The molecule has 2 saturated heterocycles. The highest BCUT2D eigenvalue weighted by Crippen LogP contribution is 2.16. The van der Waals surface area contributed by atoms with Crippen molar-refractivity contribution in [3.63, 3.8) is 0 Å². The van der Waals surface area contributed by atoms with Crippen LogP contribution in [-0.2, 0) is 14.3 Å². The van der Waals surface area contributed by atoms with Crippen LogP contribution < -0.4 is 0 Å². The second-order valence-electron chi connectivity index (χ2n) is 5.23. The smallest absolute Gasteiger partial charge is 0.321 e. The van der Waals surface area contributed by atoms with Gasteiger partial charge in [0.1, 0.15) is 6.54 Å². The van der Waals surface area contributed by atoms with Gasteiger partial charge in [0.05, 0.1) is 13.3 Å². The minimum atomic E-state index is -0.0785. The van der Waals surface area contributed by atoms with Crippen molar-refractivity contribution >= 4 is 11.9 Å². The van der Waals surface area contributed by atoms with Crippen molar-refractivity contribution in [2.45, 2.75) is 18.9 Å². The van der Waals surface area contributed by atoms with Gasteiger partial charge in [-0.1, -0.05) is 0 Å². The van der Waals surface area contributed by atoms with Crippen LogP contribution in [0.25, 0.3) is 0 Å². The minimum Gasteiger partial charge on any atom is -0.383 e. The second-order valence-corrected chi connectivity index (χ2v) is 5.23. The number of methoxy groups -OCH3 is 1. The summed E-state index contributed by atoms with van der Waals surface area (Å²) >= 11 is 0. The summed E-state index contributed by atoms with van der Waals surface area (Å²) in [5, 5.41) is 0. The van der Waals surface area contributed by atoms with E-state index in [1.165, 1.54) is 0 Å². The van der Waals surface area contributed by atoms with E-state index in [1.807, 2.05) is 0 Å². The molecule has 0 saturated carbocycles. The fourth-order valence-electron chi connectivity index (χ4n) is 2.57. The normalized spacial score (nSPS) is 20.6. The molecule has 0 aromatic carbocycles. The van der Waals surface area contributed by atoms with Crippen LogP contribution in [-0.4, -0.2) is 86.4 Å². The molecule has 0 N–H and O–H groups in total. The van der Waals surface area contributed by atoms with Crippen LogP contribution >= 0.6 is 0 Å². The number of amides is 3. The highest BCUT2D eigenvalue weighted by Gasteiger charge is 2.34. The summed E-state index contributed by atoms with van der Waals surface area (Å²) in [4.78, 5) is 29.2. The molecule has 0 radical (unpaired) electrons. The Balaban J connectivity index is 1.87. The first-order chi connectivity index (χ1) is 9.63. The van der Waals surface area contributed by atoms with Crippen LogP contribution in [0.15, 0.2) is 0 Å². The monoisotopic (exact) mass is 285 g/mol. The largest absolute Gasteiger partial charge is 0.383 e. The van der Waals surface area contributed by atoms with Gasteiger partial charge in [-0.15, -0.1) is 0 Å². The predicted octanol–water partition coefficient (Wildman–Crippen LogP) is -0.0347. The minimum absolute atomic E-state index is 0.0178. The van der Waals surface area contributed by atoms with E-state index in [0.717, 1.165) is 12.8 Å². The lowest BCUT2D eigenvalue weighted by Gasteiger charge is -2.33. The maximum Gasteiger partial charge on any atom is 0.321 e. The van der Waals surface area contributed by atoms with E-state index in [4.69, 9.17) is 9.47 Å². The van der Waals surface area contributed by atoms with Gasteiger partial charge >= 0.3 is 6.03 Å². The van der Waals surface area contributed by atoms with Crippen LogP contribution in [0.3, 0.4) is 0 Å². The Morgan fingerprint density at radius 3 is 2.80 bits per heavy atom. The molecular weight excluding hydrogens is 262 g/mol. The maximum absolute atomic E-state index is 12.4. The number of carbonyl (C=O) groups excluding carboxylic acids is 2. The third kappa shape index (κ3) is 3.40. The van der Waals surface area contributed by atoms with E-state index < -0.39 is 0 Å². The molecule has 0 aromatic rings. The Bertz CT molecular complexity index is 358. The molecule has 0 bridgehead atoms. The predicted molar refractivity (Wildman–Crippen MR) is 72.2 cm³/mol. The summed E-state index contributed by atoms with van der Waals surface area (Å²) < 4.78 is 10.3. The van der Waals surface area contributed by atoms with E-state index in [-0.39, 0.29) is 24.5 Å². The average Bonchev–Trinajstić information content (AvgIpc) is 2.85. The fourth-order valence-corrected chi connectivity index (χ4v) is 2.57. The SMILES string of the molecule is COCCN1CN(C(=O)N(C)C2CCOCC2)CC1=O. The van der Waals surface area contributed by atoms with E-state index in [2.05, 4.69) is 0 Å². The molecule has 0 spiro atoms. The van der Waals surface area contributed by atoms with Crippen molar-refractivity contribution in [2.24, 2.45) is 0 Å². The number of hydrogen-bond acceptors (Lipinski definition) is 4. The summed E-state index contributed by atoms with van der Waals surface area (Å²) in [6, 6.07) is 0.129. The van der Waals surface area contributed by atoms with Gasteiger partial charge in [0, 0.05) is 40.0 Å². The van der Waals surface area contributed by atoms with Crippen molar-refractivity contribution in [2.75, 3.05) is 53.7 Å². The fraction of sp³-hybridized carbons (Fsp3) is 0.846. The van der Waals surface area contributed by atoms with E-state index in [1.54, 1.807) is 28.9 Å². The molecule has 0 atom stereocenters. The quantitative estimate of drug-likeness (QED) is 0.727. The Morgan fingerprint density at radius 1 is 1.45 bits per heavy atom. The number of urea groups is 1. The molecule has 7 nitrogen and oxygen atoms in total. The summed E-state index contributed by atoms with van der Waals surface area (Å²) in [6.45, 7) is 2.93. The molecule has 2 heterocycles. The Morgan fingerprint density at radius 2 is 2.15 bits per heavy atom. The van der Waals surface area contributed by atoms with Gasteiger partial charge in [-0.25, -0.2) is 4.79 Å². The molecule has 7 heteroatoms. The summed E-state index contributed by atoms with van der Waals surface area (Å²) in [6.07, 6.45) is 1.72. The van der Waals surface area contributed by atoms with Gasteiger partial charge in [-0.3, -0.25) is 9.69 Å². The average molecular weight is 285 g/mol. The van der Waals surface area contributed by atoms with Gasteiger partial charge in [-0.05, 0) is 12.8 Å². The lowest BCUT2D eigenvalue weighted by atomic mass is 10.1. The summed E-state index contributed by atoms with van der Waals surface area (Å²) in [5.41, 5.74) is 0. The lowest BCUT2D eigenvalue weighted by Crippen LogP contribution is -2.47. The maximum atomic E-state index is 12.4. The molecule has 0 unspecified atom stereocenters. The Labute approximate surface area is 119 Å². The molecule has 2 aliphatic rings. The standard InChI is InChI=1S/C13H23N3O4/c1-14(11-3-6-20-7-4-11)13(18)16-9-12(17)15(10-16)5-8-19-2/h11H,3-10H2,1-2H3. The zero-order valence-electron chi connectivity index (χ0n) is 12.2. The molecule has 2 rings (SSSR count). The number of carbonyl (C=O) groups is 2. The van der Waals surface area contributed by atoms with Crippen LogP contribution in [0, 0.1) is 0 Å². The van der Waals surface area contributed by atoms with E-state index in [0.29, 0.717) is 33.0 Å². The van der Waals surface area contributed by atoms with Crippen molar-refractivity contribution in [1.29, 1.82) is 0 Å². The molecule has 0 aliphatic carbocycles. The molecule has 114 valence electrons. The zero-order chi connectivity index (χ0) is 14.5. The molecule has 2 fully saturated rings. The first-order valence-corrected chi connectivity index (χ1v) is 6.99. The topological polar surface area (TPSA) is 62.3 Å². The molecule has 2 aliphatic heterocycles. The number of nitrogens with zero attached hydrogens (tertiary/aromatic N) is 3. The Kier molecular flexibility index (Phi) is 5.19. The van der Waals surface area contributed by atoms with E-state index in [9.17, 15) is 9.59 Å². The highest BCUT2D eigenvalue weighted by molar-refractivity contribution is 5.87. The van der Waals surface area contributed by atoms with Gasteiger partial charge in [0.25, 0.3) is 0 Å². The van der Waals surface area contributed by atoms with Crippen molar-refractivity contribution in [1.82, 2.24) is 14.7 Å². The molecular formula is C13H23N3O4. The second kappa shape index (κ2) is 6.90. The van der Waals surface area contributed by atoms with Crippen LogP contribution in [0.2, 0.25) is 0 Å². The van der Waals surface area contributed by atoms with Crippen LogP contribution in [0.5, 0.6) is 0 Å². The van der Waals surface area contributed by atoms with Crippen LogP contribution in [0.4, 0.5) is 4.79 Å². The Hall–Kier alpha value is -1.34. The third-order valence-electron chi connectivity index (χ3n) is 3.90. The van der Waals surface area contributed by atoms with Crippen LogP contribution in [0.1, 0.15) is 12.8 Å². The van der Waals surface area contributed by atoms with E-state index >= 15 is 0 Å². The molecule has 20 heavy (non-hydrogen) atoms. The third-order valence-corrected chi connectivity index (χ3v) is 3.90. The zero-order valence-corrected chi connectivity index (χ0v) is 12.2. The van der Waals surface area contributed by atoms with Gasteiger partial charge in [0.2, 0.25) is 5.91 Å². The summed E-state index contributed by atoms with van der Waals surface area (Å²) in [7, 11) is 3.41. The van der Waals surface area contributed by atoms with Crippen molar-refractivity contribution in [3.05, 3.63) is 0 Å². The van der Waals surface area contributed by atoms with Gasteiger partial charge in [-0.2, -0.15) is 0 Å². The first kappa shape index (κ1) is 15.1. The van der Waals surface area contributed by atoms with Gasteiger partial charge < -0.3 is 19.3 Å². The summed E-state index contributed by atoms with van der Waals surface area (Å²) in [5.74, 6) is -0.0178. The number of ether oxygens (including phenoxy) is 2. The number of hydrogen-bond donors (Lipinski definition) is 0. The molecule has 3 amide bonds. The lowest BCUT2D eigenvalue weighted by molar-refractivity contribution is -0.127. The van der Waals surface area contributed by atoms with Crippen molar-refractivity contribution in [3.8, 4) is 0 Å². The van der Waals surface area contributed by atoms with Crippen molar-refractivity contribution < 1.29 is 19.1 Å². The number of rotatable bonds is 4. The highest BCUT2D eigenvalue weighted by atomic mass is 16.5.